The third kappa shape index (κ3) is 4.02. The zero-order valence-corrected chi connectivity index (χ0v) is 14.9. The van der Waals surface area contributed by atoms with E-state index in [1.165, 1.54) is 0 Å². The summed E-state index contributed by atoms with van der Waals surface area (Å²) in [7, 11) is 0. The van der Waals surface area contributed by atoms with Crippen LogP contribution in [-0.4, -0.2) is 64.2 Å². The molecule has 2 atom stereocenters. The fourth-order valence-corrected chi connectivity index (χ4v) is 3.48. The van der Waals surface area contributed by atoms with Gasteiger partial charge in [0.25, 0.3) is 0 Å². The molecule has 1 aromatic rings. The van der Waals surface area contributed by atoms with E-state index < -0.39 is 11.6 Å². The molecular formula is C19H26N2O4. The standard InChI is InChI=1S/C19H26N2O4/c1-14-17(18(23)20-10-8-19(2,24)9-11-20)21(16(22)13-25-14)12-15-6-4-3-5-7-15/h3-7,14,17,24H,8-13H2,1-2H3/t14-,17+/m1/s1. The summed E-state index contributed by atoms with van der Waals surface area (Å²) in [6.07, 6.45) is 0.747. The largest absolute Gasteiger partial charge is 0.390 e. The molecule has 6 nitrogen and oxygen atoms in total. The van der Waals surface area contributed by atoms with Gasteiger partial charge in [0, 0.05) is 19.6 Å². The molecule has 0 aromatic heterocycles. The number of aliphatic hydroxyl groups is 1. The number of likely N-dealkylation sites (tertiary alicyclic amines) is 1. The van der Waals surface area contributed by atoms with Crippen LogP contribution in [0.3, 0.4) is 0 Å². The zero-order chi connectivity index (χ0) is 18.0. The zero-order valence-electron chi connectivity index (χ0n) is 14.9. The molecule has 0 saturated carbocycles. The van der Waals surface area contributed by atoms with Gasteiger partial charge >= 0.3 is 0 Å². The lowest BCUT2D eigenvalue weighted by molar-refractivity contribution is -0.169. The maximum Gasteiger partial charge on any atom is 0.249 e. The van der Waals surface area contributed by atoms with Gasteiger partial charge in [-0.3, -0.25) is 9.59 Å². The van der Waals surface area contributed by atoms with E-state index in [1.807, 2.05) is 37.3 Å². The van der Waals surface area contributed by atoms with E-state index in [0.717, 1.165) is 5.56 Å². The van der Waals surface area contributed by atoms with E-state index in [-0.39, 0.29) is 24.5 Å². The van der Waals surface area contributed by atoms with Crippen LogP contribution in [0.25, 0.3) is 0 Å². The maximum absolute atomic E-state index is 13.1. The minimum atomic E-state index is -0.717. The van der Waals surface area contributed by atoms with E-state index in [4.69, 9.17) is 4.74 Å². The third-order valence-corrected chi connectivity index (χ3v) is 5.17. The number of hydrogen-bond acceptors (Lipinski definition) is 4. The van der Waals surface area contributed by atoms with Gasteiger partial charge in [-0.05, 0) is 32.3 Å². The van der Waals surface area contributed by atoms with Crippen molar-refractivity contribution < 1.29 is 19.4 Å². The number of amides is 2. The summed E-state index contributed by atoms with van der Waals surface area (Å²) in [6, 6.07) is 9.06. The van der Waals surface area contributed by atoms with Gasteiger partial charge in [-0.15, -0.1) is 0 Å². The molecule has 6 heteroatoms. The van der Waals surface area contributed by atoms with Crippen molar-refractivity contribution in [2.24, 2.45) is 0 Å². The van der Waals surface area contributed by atoms with Crippen LogP contribution in [0.2, 0.25) is 0 Å². The van der Waals surface area contributed by atoms with Crippen LogP contribution in [0.15, 0.2) is 30.3 Å². The summed E-state index contributed by atoms with van der Waals surface area (Å²) in [6.45, 7) is 5.05. The van der Waals surface area contributed by atoms with E-state index in [2.05, 4.69) is 0 Å². The van der Waals surface area contributed by atoms with Gasteiger partial charge in [0.1, 0.15) is 12.6 Å². The molecule has 1 N–H and O–H groups in total. The minimum absolute atomic E-state index is 0.00644. The number of piperidine rings is 1. The second-order valence-electron chi connectivity index (χ2n) is 7.29. The smallest absolute Gasteiger partial charge is 0.249 e. The molecular weight excluding hydrogens is 320 g/mol. The SMILES string of the molecule is C[C@H]1OCC(=O)N(Cc2ccccc2)[C@@H]1C(=O)N1CCC(C)(O)CC1. The molecule has 136 valence electrons. The molecule has 2 saturated heterocycles. The van der Waals surface area contributed by atoms with Crippen molar-refractivity contribution in [2.75, 3.05) is 19.7 Å². The highest BCUT2D eigenvalue weighted by Gasteiger charge is 2.42. The van der Waals surface area contributed by atoms with Crippen molar-refractivity contribution in [1.82, 2.24) is 9.80 Å². The molecule has 0 radical (unpaired) electrons. The lowest BCUT2D eigenvalue weighted by atomic mass is 9.93. The molecule has 0 spiro atoms. The van der Waals surface area contributed by atoms with Crippen LogP contribution in [0, 0.1) is 0 Å². The van der Waals surface area contributed by atoms with E-state index in [9.17, 15) is 14.7 Å². The van der Waals surface area contributed by atoms with Crippen LogP contribution in [0.4, 0.5) is 0 Å². The predicted molar refractivity (Wildman–Crippen MR) is 92.6 cm³/mol. The lowest BCUT2D eigenvalue weighted by Gasteiger charge is -2.43. The Balaban J connectivity index is 1.77. The number of rotatable bonds is 3. The molecule has 1 aromatic carbocycles. The summed E-state index contributed by atoms with van der Waals surface area (Å²) in [5.74, 6) is -0.253. The normalized spacial score (nSPS) is 26.6. The van der Waals surface area contributed by atoms with Gasteiger partial charge in [-0.1, -0.05) is 30.3 Å². The van der Waals surface area contributed by atoms with Gasteiger partial charge in [0.05, 0.1) is 11.7 Å². The Kier molecular flexibility index (Phi) is 5.11. The first-order chi connectivity index (χ1) is 11.9. The Morgan fingerprint density at radius 2 is 1.92 bits per heavy atom. The van der Waals surface area contributed by atoms with Gasteiger partial charge in [-0.2, -0.15) is 0 Å². The van der Waals surface area contributed by atoms with Crippen LogP contribution < -0.4 is 0 Å². The summed E-state index contributed by atoms with van der Waals surface area (Å²) < 4.78 is 5.54. The van der Waals surface area contributed by atoms with Gasteiger partial charge in [0.2, 0.25) is 11.8 Å². The first-order valence-electron chi connectivity index (χ1n) is 8.83. The average Bonchev–Trinajstić information content (AvgIpc) is 2.59. The van der Waals surface area contributed by atoms with E-state index >= 15 is 0 Å². The van der Waals surface area contributed by atoms with Crippen molar-refractivity contribution in [2.45, 2.75) is 51.0 Å². The topological polar surface area (TPSA) is 70.1 Å². The molecule has 2 aliphatic rings. The maximum atomic E-state index is 13.1. The van der Waals surface area contributed by atoms with E-state index in [1.54, 1.807) is 16.7 Å². The fraction of sp³-hybridized carbons (Fsp3) is 0.579. The summed E-state index contributed by atoms with van der Waals surface area (Å²) in [5.41, 5.74) is 0.273. The Hall–Kier alpha value is -1.92. The summed E-state index contributed by atoms with van der Waals surface area (Å²) >= 11 is 0. The number of carbonyl (C=O) groups excluding carboxylic acids is 2. The summed E-state index contributed by atoms with van der Waals surface area (Å²) in [4.78, 5) is 28.9. The van der Waals surface area contributed by atoms with Crippen molar-refractivity contribution >= 4 is 11.8 Å². The highest BCUT2D eigenvalue weighted by molar-refractivity contribution is 5.89. The number of benzene rings is 1. The number of ether oxygens (including phenoxy) is 1. The third-order valence-electron chi connectivity index (χ3n) is 5.17. The van der Waals surface area contributed by atoms with Gasteiger partial charge in [-0.25, -0.2) is 0 Å². The Bertz CT molecular complexity index is 622. The van der Waals surface area contributed by atoms with Crippen molar-refractivity contribution in [3.05, 3.63) is 35.9 Å². The minimum Gasteiger partial charge on any atom is -0.390 e. The molecule has 2 heterocycles. The number of hydrogen-bond donors (Lipinski definition) is 1. The van der Waals surface area contributed by atoms with Crippen LogP contribution in [0.1, 0.15) is 32.3 Å². The summed E-state index contributed by atoms with van der Waals surface area (Å²) in [5, 5.41) is 10.1. The van der Waals surface area contributed by atoms with Crippen LogP contribution in [0.5, 0.6) is 0 Å². The van der Waals surface area contributed by atoms with Crippen molar-refractivity contribution in [1.29, 1.82) is 0 Å². The Morgan fingerprint density at radius 1 is 1.28 bits per heavy atom. The van der Waals surface area contributed by atoms with Gasteiger partial charge in [0.15, 0.2) is 0 Å². The molecule has 0 aliphatic carbocycles. The average molecular weight is 346 g/mol. The van der Waals surface area contributed by atoms with Crippen molar-refractivity contribution in [3.8, 4) is 0 Å². The lowest BCUT2D eigenvalue weighted by Crippen LogP contribution is -2.61. The van der Waals surface area contributed by atoms with Crippen LogP contribution >= 0.6 is 0 Å². The first-order valence-corrected chi connectivity index (χ1v) is 8.83. The predicted octanol–water partition coefficient (Wildman–Crippen LogP) is 1.18. The van der Waals surface area contributed by atoms with Gasteiger partial charge < -0.3 is 19.6 Å². The molecule has 2 fully saturated rings. The quantitative estimate of drug-likeness (QED) is 0.892. The second-order valence-corrected chi connectivity index (χ2v) is 7.29. The highest BCUT2D eigenvalue weighted by Crippen LogP contribution is 2.25. The molecule has 3 rings (SSSR count). The van der Waals surface area contributed by atoms with Crippen LogP contribution in [-0.2, 0) is 20.9 Å². The molecule has 0 unspecified atom stereocenters. The molecule has 2 amide bonds. The molecule has 0 bridgehead atoms. The Morgan fingerprint density at radius 3 is 2.56 bits per heavy atom. The fourth-order valence-electron chi connectivity index (χ4n) is 3.48. The molecule has 2 aliphatic heterocycles. The number of carbonyl (C=O) groups is 2. The highest BCUT2D eigenvalue weighted by atomic mass is 16.5. The van der Waals surface area contributed by atoms with E-state index in [0.29, 0.717) is 32.5 Å². The van der Waals surface area contributed by atoms with Crippen molar-refractivity contribution in [3.63, 3.8) is 0 Å². The first kappa shape index (κ1) is 17.9. The number of nitrogens with zero attached hydrogens (tertiary/aromatic N) is 2. The Labute approximate surface area is 148 Å². The molecule has 25 heavy (non-hydrogen) atoms. The second kappa shape index (κ2) is 7.14. The number of morpholine rings is 1. The monoisotopic (exact) mass is 346 g/mol.